The van der Waals surface area contributed by atoms with Crippen LogP contribution < -0.4 is 5.32 Å². The van der Waals surface area contributed by atoms with Crippen LogP contribution in [0.25, 0.3) is 0 Å². The molecule has 0 saturated carbocycles. The fourth-order valence-electron chi connectivity index (χ4n) is 1.10. The Morgan fingerprint density at radius 1 is 1.47 bits per heavy atom. The fourth-order valence-corrected chi connectivity index (χ4v) is 1.62. The molecule has 0 aliphatic rings. The topological polar surface area (TPSA) is 102 Å². The van der Waals surface area contributed by atoms with E-state index in [9.17, 15) is 18.5 Å². The first-order valence-electron chi connectivity index (χ1n) is 4.86. The molecule has 1 heterocycles. The summed E-state index contributed by atoms with van der Waals surface area (Å²) in [6.07, 6.45) is 2.34. The van der Waals surface area contributed by atoms with Gasteiger partial charge in [-0.15, -0.1) is 0 Å². The van der Waals surface area contributed by atoms with E-state index >= 15 is 0 Å². The van der Waals surface area contributed by atoms with Crippen LogP contribution in [0.15, 0.2) is 18.3 Å². The van der Waals surface area contributed by atoms with Gasteiger partial charge in [0.25, 0.3) is 5.69 Å². The number of pyridine rings is 1. The molecule has 1 aromatic rings. The zero-order valence-corrected chi connectivity index (χ0v) is 10.1. The van der Waals surface area contributed by atoms with Crippen molar-refractivity contribution in [3.8, 4) is 0 Å². The molecular formula is C9H13N3O4S. The van der Waals surface area contributed by atoms with Gasteiger partial charge in [0.15, 0.2) is 0 Å². The highest BCUT2D eigenvalue weighted by Crippen LogP contribution is 2.08. The van der Waals surface area contributed by atoms with Gasteiger partial charge in [-0.1, -0.05) is 0 Å². The molecule has 1 aromatic heterocycles. The molecule has 0 radical (unpaired) electrons. The minimum Gasteiger partial charge on any atom is -0.310 e. The zero-order chi connectivity index (χ0) is 12.9. The molecule has 17 heavy (non-hydrogen) atoms. The van der Waals surface area contributed by atoms with Crippen molar-refractivity contribution in [3.05, 3.63) is 34.1 Å². The average Bonchev–Trinajstić information content (AvgIpc) is 2.24. The van der Waals surface area contributed by atoms with Crippen LogP contribution in [-0.4, -0.2) is 36.9 Å². The van der Waals surface area contributed by atoms with Gasteiger partial charge in [0, 0.05) is 25.4 Å². The van der Waals surface area contributed by atoms with Crippen LogP contribution in [0.4, 0.5) is 5.69 Å². The standard InChI is InChI=1S/C9H13N3O4S/c1-17(15,16)5-4-10-6-8-2-3-9(7-11-8)12(13)14/h2-3,7,10H,4-6H2,1H3. The van der Waals surface area contributed by atoms with E-state index in [0.29, 0.717) is 18.8 Å². The van der Waals surface area contributed by atoms with Crippen molar-refractivity contribution >= 4 is 15.5 Å². The lowest BCUT2D eigenvalue weighted by Crippen LogP contribution is -2.22. The van der Waals surface area contributed by atoms with E-state index in [2.05, 4.69) is 10.3 Å². The normalized spacial score (nSPS) is 11.4. The van der Waals surface area contributed by atoms with Crippen LogP contribution >= 0.6 is 0 Å². The number of aromatic nitrogens is 1. The van der Waals surface area contributed by atoms with Crippen molar-refractivity contribution in [2.24, 2.45) is 0 Å². The minimum absolute atomic E-state index is 0.0555. The Balaban J connectivity index is 2.40. The summed E-state index contributed by atoms with van der Waals surface area (Å²) in [5.74, 6) is 0.0555. The molecule has 0 amide bonds. The second-order valence-electron chi connectivity index (χ2n) is 3.57. The molecular weight excluding hydrogens is 246 g/mol. The molecule has 0 aromatic carbocycles. The lowest BCUT2D eigenvalue weighted by atomic mass is 10.3. The average molecular weight is 259 g/mol. The second kappa shape index (κ2) is 5.69. The Bertz CT molecular complexity index is 483. The lowest BCUT2D eigenvalue weighted by Gasteiger charge is -2.02. The molecule has 0 fully saturated rings. The number of hydrogen-bond donors (Lipinski definition) is 1. The van der Waals surface area contributed by atoms with Gasteiger partial charge in [-0.3, -0.25) is 15.1 Å². The van der Waals surface area contributed by atoms with Crippen LogP contribution in [0, 0.1) is 10.1 Å². The quantitative estimate of drug-likeness (QED) is 0.442. The number of hydrogen-bond acceptors (Lipinski definition) is 6. The maximum absolute atomic E-state index is 10.8. The van der Waals surface area contributed by atoms with Crippen LogP contribution in [0.5, 0.6) is 0 Å². The van der Waals surface area contributed by atoms with E-state index in [-0.39, 0.29) is 11.4 Å². The van der Waals surface area contributed by atoms with E-state index in [4.69, 9.17) is 0 Å². The highest BCUT2D eigenvalue weighted by molar-refractivity contribution is 7.90. The molecule has 0 aliphatic carbocycles. The summed E-state index contributed by atoms with van der Waals surface area (Å²) >= 11 is 0. The van der Waals surface area contributed by atoms with Crippen molar-refractivity contribution in [2.45, 2.75) is 6.54 Å². The highest BCUT2D eigenvalue weighted by atomic mass is 32.2. The Kier molecular flexibility index (Phi) is 4.53. The summed E-state index contributed by atoms with van der Waals surface area (Å²) in [4.78, 5) is 13.7. The second-order valence-corrected chi connectivity index (χ2v) is 5.83. The molecule has 0 spiro atoms. The number of nitrogens with zero attached hydrogens (tertiary/aromatic N) is 2. The largest absolute Gasteiger partial charge is 0.310 e. The number of sulfone groups is 1. The summed E-state index contributed by atoms with van der Waals surface area (Å²) in [6, 6.07) is 2.89. The van der Waals surface area contributed by atoms with Crippen LogP contribution in [0.2, 0.25) is 0 Å². The van der Waals surface area contributed by atoms with Gasteiger partial charge < -0.3 is 5.32 Å². The van der Waals surface area contributed by atoms with Crippen LogP contribution in [-0.2, 0) is 16.4 Å². The SMILES string of the molecule is CS(=O)(=O)CCNCc1ccc([N+](=O)[O-])cn1. The Labute approximate surface area is 98.9 Å². The maximum Gasteiger partial charge on any atom is 0.287 e. The first kappa shape index (κ1) is 13.5. The van der Waals surface area contributed by atoms with Gasteiger partial charge in [-0.25, -0.2) is 8.42 Å². The predicted molar refractivity (Wildman–Crippen MR) is 62.3 cm³/mol. The Morgan fingerprint density at radius 2 is 2.18 bits per heavy atom. The fraction of sp³-hybridized carbons (Fsp3) is 0.444. The summed E-state index contributed by atoms with van der Waals surface area (Å²) in [6.45, 7) is 0.713. The summed E-state index contributed by atoms with van der Waals surface area (Å²) in [7, 11) is -2.97. The minimum atomic E-state index is -2.97. The smallest absolute Gasteiger partial charge is 0.287 e. The van der Waals surface area contributed by atoms with Crippen molar-refractivity contribution < 1.29 is 13.3 Å². The highest BCUT2D eigenvalue weighted by Gasteiger charge is 2.05. The van der Waals surface area contributed by atoms with E-state index in [1.54, 1.807) is 0 Å². The Hall–Kier alpha value is -1.54. The lowest BCUT2D eigenvalue weighted by molar-refractivity contribution is -0.385. The molecule has 0 unspecified atom stereocenters. The molecule has 7 nitrogen and oxygen atoms in total. The third-order valence-electron chi connectivity index (χ3n) is 1.98. The van der Waals surface area contributed by atoms with E-state index in [1.807, 2.05) is 0 Å². The molecule has 1 N–H and O–H groups in total. The molecule has 0 saturated heterocycles. The van der Waals surface area contributed by atoms with E-state index < -0.39 is 14.8 Å². The van der Waals surface area contributed by atoms with Crippen molar-refractivity contribution in [2.75, 3.05) is 18.6 Å². The van der Waals surface area contributed by atoms with E-state index in [1.165, 1.54) is 24.6 Å². The molecule has 0 bridgehead atoms. The monoisotopic (exact) mass is 259 g/mol. The third-order valence-corrected chi connectivity index (χ3v) is 2.92. The van der Waals surface area contributed by atoms with Crippen LogP contribution in [0.1, 0.15) is 5.69 Å². The predicted octanol–water partition coefficient (Wildman–Crippen LogP) is 0.124. The van der Waals surface area contributed by atoms with Gasteiger partial charge in [0.1, 0.15) is 16.0 Å². The van der Waals surface area contributed by atoms with Gasteiger partial charge in [0.2, 0.25) is 0 Å². The van der Waals surface area contributed by atoms with Gasteiger partial charge in [-0.2, -0.15) is 0 Å². The summed E-state index contributed by atoms with van der Waals surface area (Å²) in [5, 5.41) is 13.3. The molecule has 0 aliphatic heterocycles. The molecule has 94 valence electrons. The number of nitrogens with one attached hydrogen (secondary N) is 1. The van der Waals surface area contributed by atoms with Crippen LogP contribution in [0.3, 0.4) is 0 Å². The summed E-state index contributed by atoms with van der Waals surface area (Å²) in [5.41, 5.74) is 0.564. The van der Waals surface area contributed by atoms with Crippen molar-refractivity contribution in [1.29, 1.82) is 0 Å². The maximum atomic E-state index is 10.8. The first-order valence-corrected chi connectivity index (χ1v) is 6.92. The molecule has 1 rings (SSSR count). The summed E-state index contributed by atoms with van der Waals surface area (Å²) < 4.78 is 21.7. The third kappa shape index (κ3) is 5.36. The van der Waals surface area contributed by atoms with Crippen molar-refractivity contribution in [3.63, 3.8) is 0 Å². The number of nitro groups is 1. The molecule has 8 heteroatoms. The molecule has 0 atom stereocenters. The Morgan fingerprint density at radius 3 is 2.65 bits per heavy atom. The first-order chi connectivity index (χ1) is 7.88. The van der Waals surface area contributed by atoms with E-state index in [0.717, 1.165) is 0 Å². The van der Waals surface area contributed by atoms with Gasteiger partial charge >= 0.3 is 0 Å². The zero-order valence-electron chi connectivity index (χ0n) is 9.29. The van der Waals surface area contributed by atoms with Crippen molar-refractivity contribution in [1.82, 2.24) is 10.3 Å². The number of rotatable bonds is 6. The van der Waals surface area contributed by atoms with Gasteiger partial charge in [-0.05, 0) is 6.07 Å². The van der Waals surface area contributed by atoms with Gasteiger partial charge in [0.05, 0.1) is 16.4 Å².